The van der Waals surface area contributed by atoms with Crippen LogP contribution in [0, 0.1) is 0 Å². The van der Waals surface area contributed by atoms with Crippen molar-refractivity contribution < 1.29 is 9.90 Å². The second-order valence-corrected chi connectivity index (χ2v) is 8.64. The van der Waals surface area contributed by atoms with Crippen molar-refractivity contribution in [3.05, 3.63) is 0 Å². The molecule has 0 radical (unpaired) electrons. The number of unbranched alkanes of at least 4 members (excludes halogenated alkanes) is 15. The molecule has 0 aromatic rings. The van der Waals surface area contributed by atoms with Gasteiger partial charge in [-0.25, -0.2) is 0 Å². The summed E-state index contributed by atoms with van der Waals surface area (Å²) in [7, 11) is 0. The molecule has 0 aliphatic heterocycles. The minimum absolute atomic E-state index is 0.333. The highest BCUT2D eigenvalue weighted by atomic mass is 16.4. The van der Waals surface area contributed by atoms with Gasteiger partial charge >= 0.3 is 5.97 Å². The van der Waals surface area contributed by atoms with Gasteiger partial charge in [-0.05, 0) is 45.3 Å². The van der Waals surface area contributed by atoms with Gasteiger partial charge in [0.25, 0.3) is 0 Å². The van der Waals surface area contributed by atoms with Crippen LogP contribution in [0.15, 0.2) is 0 Å². The van der Waals surface area contributed by atoms with E-state index in [1.54, 1.807) is 0 Å². The van der Waals surface area contributed by atoms with Crippen LogP contribution in [0.4, 0.5) is 0 Å². The molecule has 1 N–H and O–H groups in total. The molecule has 0 bridgehead atoms. The predicted molar refractivity (Wildman–Crippen MR) is 123 cm³/mol. The van der Waals surface area contributed by atoms with Crippen LogP contribution in [0.3, 0.4) is 0 Å². The van der Waals surface area contributed by atoms with E-state index in [0.717, 1.165) is 12.8 Å². The zero-order valence-electron chi connectivity index (χ0n) is 19.4. The lowest BCUT2D eigenvalue weighted by molar-refractivity contribution is -0.137. The summed E-state index contributed by atoms with van der Waals surface area (Å²) in [5.74, 6) is -0.653. The van der Waals surface area contributed by atoms with Crippen molar-refractivity contribution in [2.24, 2.45) is 0 Å². The molecular weight excluding hydrogens is 346 g/mol. The van der Waals surface area contributed by atoms with Crippen molar-refractivity contribution >= 4 is 5.97 Å². The van der Waals surface area contributed by atoms with Gasteiger partial charge in [0.1, 0.15) is 0 Å². The maximum Gasteiger partial charge on any atom is 0.303 e. The maximum atomic E-state index is 10.6. The van der Waals surface area contributed by atoms with Crippen LogP contribution < -0.4 is 0 Å². The fraction of sp³-hybridized carbons (Fsp3) is 0.960. The van der Waals surface area contributed by atoms with E-state index < -0.39 is 5.97 Å². The summed E-state index contributed by atoms with van der Waals surface area (Å²) in [5, 5.41) is 8.73. The molecule has 28 heavy (non-hydrogen) atoms. The number of carbonyl (C=O) groups is 1. The van der Waals surface area contributed by atoms with E-state index in [1.165, 1.54) is 122 Å². The average Bonchev–Trinajstić information content (AvgIpc) is 2.68. The molecule has 0 aliphatic rings. The lowest BCUT2D eigenvalue weighted by Crippen LogP contribution is -2.27. The van der Waals surface area contributed by atoms with Gasteiger partial charge in [0, 0.05) is 6.42 Å². The molecule has 0 fully saturated rings. The van der Waals surface area contributed by atoms with Crippen molar-refractivity contribution in [3.8, 4) is 0 Å². The van der Waals surface area contributed by atoms with E-state index in [1.807, 2.05) is 0 Å². The molecule has 3 heteroatoms. The minimum Gasteiger partial charge on any atom is -0.481 e. The third kappa shape index (κ3) is 21.7. The van der Waals surface area contributed by atoms with E-state index in [2.05, 4.69) is 18.7 Å². The lowest BCUT2D eigenvalue weighted by Gasteiger charge is -2.22. The number of hydrogen-bond acceptors (Lipinski definition) is 2. The molecule has 0 rings (SSSR count). The Hall–Kier alpha value is -0.570. The second kappa shape index (κ2) is 22.7. The minimum atomic E-state index is -0.653. The number of rotatable bonds is 23. The van der Waals surface area contributed by atoms with E-state index >= 15 is 0 Å². The highest BCUT2D eigenvalue weighted by Gasteiger charge is 2.05. The van der Waals surface area contributed by atoms with Crippen LogP contribution in [0.1, 0.15) is 136 Å². The third-order valence-electron chi connectivity index (χ3n) is 5.77. The fourth-order valence-corrected chi connectivity index (χ4v) is 3.89. The zero-order valence-corrected chi connectivity index (χ0v) is 19.4. The quantitative estimate of drug-likeness (QED) is 0.179. The zero-order chi connectivity index (χ0) is 20.7. The number of carboxylic acid groups (broad SMARTS) is 1. The molecule has 0 spiro atoms. The SMILES string of the molecule is CCCCCCCCCN(CCCCCCCCC)CCCCCCC(=O)O. The molecule has 0 amide bonds. The van der Waals surface area contributed by atoms with Gasteiger partial charge in [0.2, 0.25) is 0 Å². The van der Waals surface area contributed by atoms with Gasteiger partial charge in [0.05, 0.1) is 0 Å². The molecule has 0 aliphatic carbocycles. The standard InChI is InChI=1S/C25H51NO2/c1-3-5-7-9-11-14-18-22-26(23-19-15-12-10-8-6-4-2)24-20-16-13-17-21-25(27)28/h3-24H2,1-2H3,(H,27,28). The van der Waals surface area contributed by atoms with E-state index in [4.69, 9.17) is 5.11 Å². The average molecular weight is 398 g/mol. The van der Waals surface area contributed by atoms with Crippen LogP contribution in [0.5, 0.6) is 0 Å². The molecule has 0 aromatic carbocycles. The molecule has 0 heterocycles. The summed E-state index contributed by atoms with van der Waals surface area (Å²) in [6, 6.07) is 0. The molecule has 0 unspecified atom stereocenters. The Kier molecular flexibility index (Phi) is 22.3. The fourth-order valence-electron chi connectivity index (χ4n) is 3.89. The summed E-state index contributed by atoms with van der Waals surface area (Å²) in [5.41, 5.74) is 0. The Bertz CT molecular complexity index is 302. The second-order valence-electron chi connectivity index (χ2n) is 8.64. The monoisotopic (exact) mass is 397 g/mol. The van der Waals surface area contributed by atoms with E-state index in [9.17, 15) is 4.79 Å². The van der Waals surface area contributed by atoms with Gasteiger partial charge in [0.15, 0.2) is 0 Å². The van der Waals surface area contributed by atoms with Gasteiger partial charge in [-0.1, -0.05) is 104 Å². The normalized spacial score (nSPS) is 11.4. The van der Waals surface area contributed by atoms with Crippen LogP contribution in [-0.2, 0) is 4.79 Å². The van der Waals surface area contributed by atoms with Crippen LogP contribution >= 0.6 is 0 Å². The van der Waals surface area contributed by atoms with Crippen LogP contribution in [-0.4, -0.2) is 35.6 Å². The summed E-state index contributed by atoms with van der Waals surface area (Å²) in [4.78, 5) is 13.3. The maximum absolute atomic E-state index is 10.6. The molecule has 0 aromatic heterocycles. The van der Waals surface area contributed by atoms with E-state index in [-0.39, 0.29) is 0 Å². The molecule has 168 valence electrons. The Morgan fingerprint density at radius 3 is 1.21 bits per heavy atom. The predicted octanol–water partition coefficient (Wildman–Crippen LogP) is 7.82. The first kappa shape index (κ1) is 27.4. The van der Waals surface area contributed by atoms with Crippen molar-refractivity contribution in [1.29, 1.82) is 0 Å². The molecule has 3 nitrogen and oxygen atoms in total. The van der Waals surface area contributed by atoms with Crippen LogP contribution in [0.25, 0.3) is 0 Å². The van der Waals surface area contributed by atoms with Gasteiger partial charge in [-0.2, -0.15) is 0 Å². The Balaban J connectivity index is 3.84. The summed E-state index contributed by atoms with van der Waals surface area (Å²) < 4.78 is 0. The number of carboxylic acids is 1. The third-order valence-corrected chi connectivity index (χ3v) is 5.77. The number of aliphatic carboxylic acids is 1. The van der Waals surface area contributed by atoms with Crippen molar-refractivity contribution in [1.82, 2.24) is 4.90 Å². The lowest BCUT2D eigenvalue weighted by atomic mass is 10.1. The number of nitrogens with zero attached hydrogens (tertiary/aromatic N) is 1. The molecule has 0 saturated heterocycles. The van der Waals surface area contributed by atoms with E-state index in [0.29, 0.717) is 6.42 Å². The summed E-state index contributed by atoms with van der Waals surface area (Å²) in [6.07, 6.45) is 24.0. The number of hydrogen-bond donors (Lipinski definition) is 1. The molecular formula is C25H51NO2. The topological polar surface area (TPSA) is 40.5 Å². The highest BCUT2D eigenvalue weighted by Crippen LogP contribution is 2.11. The molecule has 0 saturated carbocycles. The summed E-state index contributed by atoms with van der Waals surface area (Å²) in [6.45, 7) is 8.29. The first-order chi connectivity index (χ1) is 13.7. The highest BCUT2D eigenvalue weighted by molar-refractivity contribution is 5.66. The van der Waals surface area contributed by atoms with Gasteiger partial charge < -0.3 is 10.0 Å². The van der Waals surface area contributed by atoms with Crippen molar-refractivity contribution in [2.75, 3.05) is 19.6 Å². The largest absolute Gasteiger partial charge is 0.481 e. The van der Waals surface area contributed by atoms with Gasteiger partial charge in [-0.15, -0.1) is 0 Å². The Morgan fingerprint density at radius 2 is 0.857 bits per heavy atom. The first-order valence-corrected chi connectivity index (χ1v) is 12.6. The van der Waals surface area contributed by atoms with Crippen molar-refractivity contribution in [2.45, 2.75) is 136 Å². The van der Waals surface area contributed by atoms with Gasteiger partial charge in [-0.3, -0.25) is 4.79 Å². The Morgan fingerprint density at radius 1 is 0.536 bits per heavy atom. The smallest absolute Gasteiger partial charge is 0.303 e. The molecule has 0 atom stereocenters. The van der Waals surface area contributed by atoms with Crippen molar-refractivity contribution in [3.63, 3.8) is 0 Å². The summed E-state index contributed by atoms with van der Waals surface area (Å²) >= 11 is 0. The Labute approximate surface area is 176 Å². The first-order valence-electron chi connectivity index (χ1n) is 12.6. The van der Waals surface area contributed by atoms with Crippen LogP contribution in [0.2, 0.25) is 0 Å².